The third-order valence-electron chi connectivity index (χ3n) is 6.08. The lowest BCUT2D eigenvalue weighted by molar-refractivity contribution is -0.114. The maximum Gasteiger partial charge on any atom is 0.257 e. The van der Waals surface area contributed by atoms with Crippen molar-refractivity contribution in [2.45, 2.75) is 45.8 Å². The maximum atomic E-state index is 13.2. The Labute approximate surface area is 179 Å². The molecule has 7 heteroatoms. The van der Waals surface area contributed by atoms with Crippen molar-refractivity contribution in [2.75, 3.05) is 45.7 Å². The highest BCUT2D eigenvalue weighted by Gasteiger charge is 2.31. The minimum Gasteiger partial charge on any atom is -0.491 e. The molecule has 3 rings (SSSR count). The molecule has 1 heterocycles. The quantitative estimate of drug-likeness (QED) is 0.816. The van der Waals surface area contributed by atoms with E-state index in [9.17, 15) is 9.59 Å². The first kappa shape index (κ1) is 22.6. The van der Waals surface area contributed by atoms with Gasteiger partial charge in [-0.25, -0.2) is 0 Å². The SMILES string of the molecule is CO[C@@H]1CN(C)C(=O)c2cc(NC(C)=O)ccc2OC[C@H](C)N(CC2CC2)C[C@H]1C. The van der Waals surface area contributed by atoms with Crippen LogP contribution in [0.3, 0.4) is 0 Å². The Morgan fingerprint density at radius 2 is 2.00 bits per heavy atom. The van der Waals surface area contributed by atoms with Gasteiger partial charge in [0.1, 0.15) is 12.4 Å². The molecule has 1 aliphatic heterocycles. The monoisotopic (exact) mass is 417 g/mol. The molecular weight excluding hydrogens is 382 g/mol. The second-order valence-electron chi connectivity index (χ2n) is 8.89. The average Bonchev–Trinajstić information content (AvgIpc) is 3.52. The van der Waals surface area contributed by atoms with E-state index in [0.717, 1.165) is 19.0 Å². The van der Waals surface area contributed by atoms with Crippen LogP contribution in [0.15, 0.2) is 18.2 Å². The van der Waals surface area contributed by atoms with Crippen LogP contribution >= 0.6 is 0 Å². The van der Waals surface area contributed by atoms with E-state index in [1.54, 1.807) is 37.3 Å². The number of anilines is 1. The topological polar surface area (TPSA) is 71.1 Å². The van der Waals surface area contributed by atoms with Crippen molar-refractivity contribution in [2.24, 2.45) is 11.8 Å². The van der Waals surface area contributed by atoms with Crippen LogP contribution < -0.4 is 10.1 Å². The molecule has 0 saturated heterocycles. The van der Waals surface area contributed by atoms with E-state index in [4.69, 9.17) is 9.47 Å². The Morgan fingerprint density at radius 3 is 2.63 bits per heavy atom. The summed E-state index contributed by atoms with van der Waals surface area (Å²) in [5.41, 5.74) is 1.03. The summed E-state index contributed by atoms with van der Waals surface area (Å²) in [4.78, 5) is 28.9. The number of nitrogens with zero attached hydrogens (tertiary/aromatic N) is 2. The van der Waals surface area contributed by atoms with Crippen molar-refractivity contribution < 1.29 is 19.1 Å². The van der Waals surface area contributed by atoms with Gasteiger partial charge in [0.05, 0.1) is 11.7 Å². The molecule has 7 nitrogen and oxygen atoms in total. The van der Waals surface area contributed by atoms with Gasteiger partial charge in [-0.05, 0) is 49.8 Å². The Morgan fingerprint density at radius 1 is 1.27 bits per heavy atom. The number of rotatable bonds is 4. The fourth-order valence-corrected chi connectivity index (χ4v) is 4.02. The predicted octanol–water partition coefficient (Wildman–Crippen LogP) is 2.86. The van der Waals surface area contributed by atoms with Crippen LogP contribution in [0, 0.1) is 11.8 Å². The van der Waals surface area contributed by atoms with Crippen LogP contribution in [0.25, 0.3) is 0 Å². The standard InChI is InChI=1S/C23H35N3O4/c1-15-11-26(12-18-6-7-18)16(2)14-30-21-9-8-19(24-17(3)27)10-20(21)23(28)25(4)13-22(15)29-5/h8-10,15-16,18,22H,6-7,11-14H2,1-5H3,(H,24,27)/t15-,16+,22-/m1/s1. The number of hydrogen-bond acceptors (Lipinski definition) is 5. The molecule has 0 aromatic heterocycles. The van der Waals surface area contributed by atoms with Crippen LogP contribution in [0.2, 0.25) is 0 Å². The van der Waals surface area contributed by atoms with E-state index < -0.39 is 0 Å². The summed E-state index contributed by atoms with van der Waals surface area (Å²) in [5.74, 6) is 1.28. The Balaban J connectivity index is 1.91. The molecule has 0 radical (unpaired) electrons. The third-order valence-corrected chi connectivity index (χ3v) is 6.08. The van der Waals surface area contributed by atoms with E-state index in [2.05, 4.69) is 24.1 Å². The normalized spacial score (nSPS) is 26.2. The third kappa shape index (κ3) is 5.73. The summed E-state index contributed by atoms with van der Waals surface area (Å²) in [6.45, 7) is 8.80. The van der Waals surface area contributed by atoms with Gasteiger partial charge in [-0.2, -0.15) is 0 Å². The highest BCUT2D eigenvalue weighted by atomic mass is 16.5. The van der Waals surface area contributed by atoms with Crippen molar-refractivity contribution in [3.63, 3.8) is 0 Å². The molecule has 0 bridgehead atoms. The van der Waals surface area contributed by atoms with Gasteiger partial charge in [0, 0.05) is 52.4 Å². The Hall–Kier alpha value is -2.12. The summed E-state index contributed by atoms with van der Waals surface area (Å²) in [6, 6.07) is 5.46. The van der Waals surface area contributed by atoms with E-state index >= 15 is 0 Å². The molecule has 3 atom stereocenters. The van der Waals surface area contributed by atoms with Gasteiger partial charge in [0.25, 0.3) is 5.91 Å². The zero-order chi connectivity index (χ0) is 21.8. The van der Waals surface area contributed by atoms with E-state index in [0.29, 0.717) is 30.2 Å². The highest BCUT2D eigenvalue weighted by Crippen LogP contribution is 2.31. The first-order chi connectivity index (χ1) is 14.3. The van der Waals surface area contributed by atoms with Crippen LogP contribution in [0.4, 0.5) is 5.69 Å². The summed E-state index contributed by atoms with van der Waals surface area (Å²) >= 11 is 0. The second kappa shape index (κ2) is 9.79. The second-order valence-corrected chi connectivity index (χ2v) is 8.89. The number of fused-ring (bicyclic) bond motifs is 1. The smallest absolute Gasteiger partial charge is 0.257 e. The van der Waals surface area contributed by atoms with Crippen molar-refractivity contribution in [1.29, 1.82) is 0 Å². The number of nitrogens with one attached hydrogen (secondary N) is 1. The van der Waals surface area contributed by atoms with Gasteiger partial charge >= 0.3 is 0 Å². The molecular formula is C23H35N3O4. The van der Waals surface area contributed by atoms with Gasteiger partial charge in [-0.15, -0.1) is 0 Å². The van der Waals surface area contributed by atoms with Crippen molar-refractivity contribution in [3.05, 3.63) is 23.8 Å². The van der Waals surface area contributed by atoms with Crippen molar-refractivity contribution in [1.82, 2.24) is 9.80 Å². The van der Waals surface area contributed by atoms with Crippen molar-refractivity contribution >= 4 is 17.5 Å². The fraction of sp³-hybridized carbons (Fsp3) is 0.652. The van der Waals surface area contributed by atoms with Crippen LogP contribution in [0.1, 0.15) is 44.0 Å². The lowest BCUT2D eigenvalue weighted by Crippen LogP contribution is -2.47. The first-order valence-corrected chi connectivity index (χ1v) is 10.8. The van der Waals surface area contributed by atoms with Gasteiger partial charge in [0.2, 0.25) is 5.91 Å². The van der Waals surface area contributed by atoms with Crippen LogP contribution in [-0.4, -0.2) is 74.2 Å². The van der Waals surface area contributed by atoms with Crippen LogP contribution in [0.5, 0.6) is 5.75 Å². The molecule has 1 aliphatic carbocycles. The number of methoxy groups -OCH3 is 1. The Bertz CT molecular complexity index is 765. The molecule has 0 spiro atoms. The molecule has 1 aromatic carbocycles. The highest BCUT2D eigenvalue weighted by molar-refractivity contribution is 5.99. The number of amides is 2. The first-order valence-electron chi connectivity index (χ1n) is 10.8. The lowest BCUT2D eigenvalue weighted by atomic mass is 10.0. The Kier molecular flexibility index (Phi) is 7.36. The number of likely N-dealkylation sites (N-methyl/N-ethyl adjacent to an activating group) is 1. The minimum absolute atomic E-state index is 0.0600. The van der Waals surface area contributed by atoms with E-state index in [1.165, 1.54) is 19.8 Å². The summed E-state index contributed by atoms with van der Waals surface area (Å²) < 4.78 is 11.9. The maximum absolute atomic E-state index is 13.2. The molecule has 1 fully saturated rings. The molecule has 2 aliphatic rings. The van der Waals surface area contributed by atoms with Gasteiger partial charge in [0.15, 0.2) is 0 Å². The van der Waals surface area contributed by atoms with E-state index in [1.807, 2.05) is 0 Å². The van der Waals surface area contributed by atoms with Gasteiger partial charge in [-0.1, -0.05) is 6.92 Å². The average molecular weight is 418 g/mol. The van der Waals surface area contributed by atoms with Gasteiger partial charge < -0.3 is 19.7 Å². The van der Waals surface area contributed by atoms with Crippen molar-refractivity contribution in [3.8, 4) is 5.75 Å². The van der Waals surface area contributed by atoms with Gasteiger partial charge in [-0.3, -0.25) is 14.5 Å². The number of ether oxygens (including phenoxy) is 2. The van der Waals surface area contributed by atoms with Crippen LogP contribution in [-0.2, 0) is 9.53 Å². The zero-order valence-electron chi connectivity index (χ0n) is 18.8. The number of carbonyl (C=O) groups excluding carboxylic acids is 2. The molecule has 0 unspecified atom stereocenters. The van der Waals surface area contributed by atoms with E-state index in [-0.39, 0.29) is 29.9 Å². The summed E-state index contributed by atoms with van der Waals surface area (Å²) in [7, 11) is 3.50. The molecule has 30 heavy (non-hydrogen) atoms. The fourth-order valence-electron chi connectivity index (χ4n) is 4.02. The number of carbonyl (C=O) groups is 2. The molecule has 1 saturated carbocycles. The molecule has 2 amide bonds. The summed E-state index contributed by atoms with van der Waals surface area (Å²) in [5, 5.41) is 2.75. The molecule has 1 aromatic rings. The zero-order valence-corrected chi connectivity index (χ0v) is 18.8. The molecule has 166 valence electrons. The minimum atomic E-state index is -0.178. The molecule has 1 N–H and O–H groups in total. The predicted molar refractivity (Wildman–Crippen MR) is 117 cm³/mol. The largest absolute Gasteiger partial charge is 0.491 e. The number of benzene rings is 1. The summed E-state index contributed by atoms with van der Waals surface area (Å²) in [6.07, 6.45) is 2.55. The number of hydrogen-bond donors (Lipinski definition) is 1. The lowest BCUT2D eigenvalue weighted by Gasteiger charge is -2.36.